The summed E-state index contributed by atoms with van der Waals surface area (Å²) in [4.78, 5) is 0. The Hall–Kier alpha value is -1.07. The summed E-state index contributed by atoms with van der Waals surface area (Å²) < 4.78 is 5.69. The molecular formula is C15H16OW. The van der Waals surface area contributed by atoms with Gasteiger partial charge in [0, 0.05) is 21.1 Å². The van der Waals surface area contributed by atoms with E-state index in [2.05, 4.69) is 50.2 Å². The van der Waals surface area contributed by atoms with Crippen LogP contribution in [0.3, 0.4) is 0 Å². The van der Waals surface area contributed by atoms with Crippen LogP contribution in [0.4, 0.5) is 0 Å². The Morgan fingerprint density at radius 3 is 1.76 bits per heavy atom. The Morgan fingerprint density at radius 1 is 0.765 bits per heavy atom. The minimum absolute atomic E-state index is 0. The molecule has 0 bridgehead atoms. The number of hydrogen-bond acceptors (Lipinski definition) is 1. The average Bonchev–Trinajstić information content (AvgIpc) is 2.30. The summed E-state index contributed by atoms with van der Waals surface area (Å²) in [7, 11) is 0. The summed E-state index contributed by atoms with van der Waals surface area (Å²) in [5.41, 5.74) is 3.73. The van der Waals surface area contributed by atoms with Crippen LogP contribution >= 0.6 is 0 Å². The van der Waals surface area contributed by atoms with Crippen LogP contribution < -0.4 is 4.74 Å². The molecule has 0 N–H and O–H groups in total. The predicted octanol–water partition coefficient (Wildman–Crippen LogP) is 3.88. The van der Waals surface area contributed by atoms with Crippen molar-refractivity contribution in [3.05, 3.63) is 65.2 Å². The largest absolute Gasteiger partial charge is 0.489 e. The zero-order chi connectivity index (χ0) is 11.4. The van der Waals surface area contributed by atoms with Crippen molar-refractivity contribution in [3.8, 4) is 5.75 Å². The van der Waals surface area contributed by atoms with Crippen molar-refractivity contribution in [3.63, 3.8) is 0 Å². The zero-order valence-electron chi connectivity index (χ0n) is 10.1. The molecule has 0 unspecified atom stereocenters. The van der Waals surface area contributed by atoms with E-state index in [1.165, 1.54) is 16.7 Å². The number of hydrogen-bond donors (Lipinski definition) is 0. The van der Waals surface area contributed by atoms with Crippen LogP contribution in [-0.2, 0) is 27.7 Å². The topological polar surface area (TPSA) is 9.23 Å². The van der Waals surface area contributed by atoms with Crippen LogP contribution in [0.2, 0.25) is 0 Å². The molecular weight excluding hydrogens is 380 g/mol. The average molecular weight is 396 g/mol. The molecule has 0 aliphatic heterocycles. The van der Waals surface area contributed by atoms with Crippen molar-refractivity contribution in [2.45, 2.75) is 20.5 Å². The summed E-state index contributed by atoms with van der Waals surface area (Å²) in [5.74, 6) is 0.922. The Bertz CT molecular complexity index is 400. The first-order valence-electron chi connectivity index (χ1n) is 5.49. The molecule has 17 heavy (non-hydrogen) atoms. The van der Waals surface area contributed by atoms with Crippen LogP contribution in [0, 0.1) is 13.8 Å². The molecule has 88 valence electrons. The van der Waals surface area contributed by atoms with Gasteiger partial charge in [-0.15, -0.1) is 0 Å². The van der Waals surface area contributed by atoms with Gasteiger partial charge >= 0.3 is 0 Å². The molecule has 0 heterocycles. The van der Waals surface area contributed by atoms with Crippen molar-refractivity contribution in [1.82, 2.24) is 0 Å². The maximum Gasteiger partial charge on any atom is 0.119 e. The van der Waals surface area contributed by atoms with Crippen molar-refractivity contribution in [1.29, 1.82) is 0 Å². The van der Waals surface area contributed by atoms with Gasteiger partial charge in [0.15, 0.2) is 0 Å². The third-order valence-electron chi connectivity index (χ3n) is 2.55. The molecule has 1 nitrogen and oxygen atoms in total. The molecule has 0 saturated heterocycles. The molecule has 2 heteroatoms. The van der Waals surface area contributed by atoms with Gasteiger partial charge in [0.05, 0.1) is 0 Å². The Morgan fingerprint density at radius 2 is 1.24 bits per heavy atom. The molecule has 0 atom stereocenters. The van der Waals surface area contributed by atoms with E-state index in [0.717, 1.165) is 5.75 Å². The molecule has 0 spiro atoms. The number of benzene rings is 2. The minimum Gasteiger partial charge on any atom is -0.489 e. The van der Waals surface area contributed by atoms with Crippen molar-refractivity contribution < 1.29 is 25.8 Å². The van der Waals surface area contributed by atoms with Gasteiger partial charge in [-0.3, -0.25) is 0 Å². The van der Waals surface area contributed by atoms with Gasteiger partial charge in [-0.2, -0.15) is 0 Å². The van der Waals surface area contributed by atoms with Gasteiger partial charge in [0.1, 0.15) is 12.4 Å². The normalized spacial score (nSPS) is 9.53. The van der Waals surface area contributed by atoms with Crippen LogP contribution in [-0.4, -0.2) is 0 Å². The molecule has 2 rings (SSSR count). The molecule has 0 radical (unpaired) electrons. The van der Waals surface area contributed by atoms with Crippen molar-refractivity contribution in [2.75, 3.05) is 0 Å². The maximum absolute atomic E-state index is 5.69. The third kappa shape index (κ3) is 4.36. The summed E-state index contributed by atoms with van der Waals surface area (Å²) in [6, 6.07) is 16.5. The first-order valence-corrected chi connectivity index (χ1v) is 5.49. The first-order chi connectivity index (χ1) is 7.74. The van der Waals surface area contributed by atoms with Gasteiger partial charge in [0.25, 0.3) is 0 Å². The molecule has 0 fully saturated rings. The standard InChI is InChI=1S/C15H16O.W/c1-12-3-7-14(8-4-12)11-16-15-9-5-13(2)6-10-15;/h3-10H,11H2,1-2H3;. The minimum atomic E-state index is 0. The number of aryl methyl sites for hydroxylation is 2. The van der Waals surface area contributed by atoms with Gasteiger partial charge in [-0.25, -0.2) is 0 Å². The van der Waals surface area contributed by atoms with Crippen molar-refractivity contribution in [2.24, 2.45) is 0 Å². The van der Waals surface area contributed by atoms with Gasteiger partial charge in [-0.1, -0.05) is 47.5 Å². The van der Waals surface area contributed by atoms with E-state index in [0.29, 0.717) is 6.61 Å². The quantitative estimate of drug-likeness (QED) is 0.766. The molecule has 0 saturated carbocycles. The van der Waals surface area contributed by atoms with Crippen molar-refractivity contribution >= 4 is 0 Å². The smallest absolute Gasteiger partial charge is 0.119 e. The SMILES string of the molecule is Cc1ccc(COc2ccc(C)cc2)cc1.[W]. The molecule has 0 aliphatic rings. The second kappa shape index (κ2) is 6.61. The van der Waals surface area contributed by atoms with E-state index in [1.807, 2.05) is 12.1 Å². The van der Waals surface area contributed by atoms with E-state index in [-0.39, 0.29) is 21.1 Å². The van der Waals surface area contributed by atoms with Crippen LogP contribution in [0.25, 0.3) is 0 Å². The van der Waals surface area contributed by atoms with Gasteiger partial charge < -0.3 is 4.74 Å². The monoisotopic (exact) mass is 396 g/mol. The Labute approximate surface area is 117 Å². The molecule has 0 amide bonds. The number of rotatable bonds is 3. The fourth-order valence-corrected chi connectivity index (χ4v) is 1.49. The van der Waals surface area contributed by atoms with Crippen LogP contribution in [0.1, 0.15) is 16.7 Å². The van der Waals surface area contributed by atoms with Crippen LogP contribution in [0.15, 0.2) is 48.5 Å². The number of ether oxygens (including phenoxy) is 1. The second-order valence-corrected chi connectivity index (χ2v) is 4.09. The van der Waals surface area contributed by atoms with Crippen LogP contribution in [0.5, 0.6) is 5.75 Å². The summed E-state index contributed by atoms with van der Waals surface area (Å²) in [6.07, 6.45) is 0. The molecule has 2 aromatic carbocycles. The predicted molar refractivity (Wildman–Crippen MR) is 66.7 cm³/mol. The van der Waals surface area contributed by atoms with E-state index in [4.69, 9.17) is 4.74 Å². The molecule has 0 aromatic heterocycles. The summed E-state index contributed by atoms with van der Waals surface area (Å²) in [6.45, 7) is 4.79. The fourth-order valence-electron chi connectivity index (χ4n) is 1.49. The maximum atomic E-state index is 5.69. The Kier molecular flexibility index (Phi) is 5.44. The van der Waals surface area contributed by atoms with E-state index in [9.17, 15) is 0 Å². The first kappa shape index (κ1) is 14.0. The van der Waals surface area contributed by atoms with Gasteiger partial charge in [0.2, 0.25) is 0 Å². The van der Waals surface area contributed by atoms with E-state index >= 15 is 0 Å². The Balaban J connectivity index is 0.00000144. The third-order valence-corrected chi connectivity index (χ3v) is 2.55. The summed E-state index contributed by atoms with van der Waals surface area (Å²) >= 11 is 0. The summed E-state index contributed by atoms with van der Waals surface area (Å²) in [5, 5.41) is 0. The fraction of sp³-hybridized carbons (Fsp3) is 0.200. The van der Waals surface area contributed by atoms with Gasteiger partial charge in [-0.05, 0) is 31.5 Å². The van der Waals surface area contributed by atoms with E-state index < -0.39 is 0 Å². The second-order valence-electron chi connectivity index (χ2n) is 4.09. The zero-order valence-corrected chi connectivity index (χ0v) is 13.1. The molecule has 2 aromatic rings. The molecule has 0 aliphatic carbocycles. The van der Waals surface area contributed by atoms with E-state index in [1.54, 1.807) is 0 Å².